The lowest BCUT2D eigenvalue weighted by Gasteiger charge is -2.34. The van der Waals surface area contributed by atoms with Gasteiger partial charge in [-0.25, -0.2) is 14.0 Å². The van der Waals surface area contributed by atoms with Crippen LogP contribution in [0.4, 0.5) is 9.18 Å². The highest BCUT2D eigenvalue weighted by molar-refractivity contribution is 5.95. The summed E-state index contributed by atoms with van der Waals surface area (Å²) in [5.74, 6) is -0.206. The Morgan fingerprint density at radius 2 is 1.78 bits per heavy atom. The zero-order chi connectivity index (χ0) is 23.3. The average molecular weight is 444 g/mol. The van der Waals surface area contributed by atoms with E-state index in [1.54, 1.807) is 31.2 Å². The molecule has 1 heterocycles. The molecule has 0 aromatic heterocycles. The number of urea groups is 1. The maximum Gasteiger partial charge on any atom is 0.338 e. The van der Waals surface area contributed by atoms with Gasteiger partial charge in [-0.1, -0.05) is 12.1 Å². The largest absolute Gasteiger partial charge is 0.497 e. The topological polar surface area (TPSA) is 86.3 Å². The fourth-order valence-corrected chi connectivity index (χ4v) is 3.34. The normalized spacial score (nSPS) is 15.8. The van der Waals surface area contributed by atoms with Crippen LogP contribution in [0.3, 0.4) is 0 Å². The summed E-state index contributed by atoms with van der Waals surface area (Å²) in [5.41, 5.74) is 0.969. The van der Waals surface area contributed by atoms with Gasteiger partial charge in [0.05, 0.1) is 38.1 Å². The molecule has 1 aliphatic heterocycles. The molecule has 8 nitrogen and oxygen atoms in total. The lowest BCUT2D eigenvalue weighted by molar-refractivity contribution is -0.139. The van der Waals surface area contributed by atoms with E-state index in [-0.39, 0.29) is 30.2 Å². The van der Waals surface area contributed by atoms with E-state index in [0.717, 1.165) is 0 Å². The van der Waals surface area contributed by atoms with Gasteiger partial charge in [0.15, 0.2) is 11.6 Å². The molecule has 32 heavy (non-hydrogen) atoms. The van der Waals surface area contributed by atoms with Crippen molar-refractivity contribution < 1.29 is 32.9 Å². The van der Waals surface area contributed by atoms with Crippen molar-refractivity contribution in [1.29, 1.82) is 0 Å². The van der Waals surface area contributed by atoms with Gasteiger partial charge < -0.3 is 24.3 Å². The highest BCUT2D eigenvalue weighted by atomic mass is 19.1. The number of carbonyl (C=O) groups excluding carboxylic acids is 2. The van der Waals surface area contributed by atoms with Gasteiger partial charge in [-0.2, -0.15) is 0 Å². The van der Waals surface area contributed by atoms with Crippen molar-refractivity contribution in [3.05, 3.63) is 65.1 Å². The number of halogens is 1. The van der Waals surface area contributed by atoms with Crippen LogP contribution >= 0.6 is 0 Å². The average Bonchev–Trinajstić information content (AvgIpc) is 2.80. The number of esters is 1. The summed E-state index contributed by atoms with van der Waals surface area (Å²) in [6, 6.07) is 9.63. The monoisotopic (exact) mass is 444 g/mol. The van der Waals surface area contributed by atoms with Crippen molar-refractivity contribution in [3.63, 3.8) is 0 Å². The van der Waals surface area contributed by atoms with E-state index in [0.29, 0.717) is 17.1 Å². The molecule has 2 aromatic carbocycles. The van der Waals surface area contributed by atoms with Gasteiger partial charge in [-0.15, -0.1) is 0 Å². The molecular formula is C23H25FN2O6. The molecule has 1 unspecified atom stereocenters. The highest BCUT2D eigenvalue weighted by Crippen LogP contribution is 2.35. The summed E-state index contributed by atoms with van der Waals surface area (Å²) < 4.78 is 35.6. The number of amides is 2. The van der Waals surface area contributed by atoms with E-state index in [4.69, 9.17) is 18.9 Å². The van der Waals surface area contributed by atoms with Crippen molar-refractivity contribution in [2.24, 2.45) is 0 Å². The lowest BCUT2D eigenvalue weighted by atomic mass is 9.94. The minimum absolute atomic E-state index is 0.00203. The van der Waals surface area contributed by atoms with Crippen LogP contribution in [0.1, 0.15) is 18.5 Å². The standard InChI is InChI=1S/C23H25FN2O6/c1-5-31-22(27)20-18(13-32-19-9-7-6-8-17(19)24)26(2)23(28)25-21(20)14-10-15(29-3)12-16(11-14)30-4/h6-12,21H,5,13H2,1-4H3,(H,25,28). The Kier molecular flexibility index (Phi) is 7.19. The van der Waals surface area contributed by atoms with Gasteiger partial charge >= 0.3 is 12.0 Å². The molecule has 0 bridgehead atoms. The Hall–Kier alpha value is -3.75. The van der Waals surface area contributed by atoms with Crippen LogP contribution in [0.15, 0.2) is 53.7 Å². The zero-order valence-electron chi connectivity index (χ0n) is 18.3. The molecule has 0 aliphatic carbocycles. The summed E-state index contributed by atoms with van der Waals surface area (Å²) in [5, 5.41) is 2.80. The maximum absolute atomic E-state index is 14.0. The Bertz CT molecular complexity index is 1020. The van der Waals surface area contributed by atoms with Crippen molar-refractivity contribution in [3.8, 4) is 17.2 Å². The molecular weight excluding hydrogens is 419 g/mol. The second kappa shape index (κ2) is 10.0. The van der Waals surface area contributed by atoms with E-state index in [1.165, 1.54) is 44.4 Å². The first-order valence-electron chi connectivity index (χ1n) is 9.94. The number of ether oxygens (including phenoxy) is 4. The van der Waals surface area contributed by atoms with E-state index in [1.807, 2.05) is 0 Å². The molecule has 0 fully saturated rings. The van der Waals surface area contributed by atoms with Crippen molar-refractivity contribution in [2.45, 2.75) is 13.0 Å². The van der Waals surface area contributed by atoms with E-state index in [2.05, 4.69) is 5.32 Å². The third-order valence-corrected chi connectivity index (χ3v) is 4.98. The number of nitrogens with zero attached hydrogens (tertiary/aromatic N) is 1. The smallest absolute Gasteiger partial charge is 0.338 e. The number of hydrogen-bond acceptors (Lipinski definition) is 6. The summed E-state index contributed by atoms with van der Waals surface area (Å²) in [6.07, 6.45) is 0. The fourth-order valence-electron chi connectivity index (χ4n) is 3.34. The van der Waals surface area contributed by atoms with Crippen molar-refractivity contribution >= 4 is 12.0 Å². The van der Waals surface area contributed by atoms with Gasteiger partial charge in [0.2, 0.25) is 0 Å². The maximum atomic E-state index is 14.0. The number of benzene rings is 2. The van der Waals surface area contributed by atoms with Crippen LogP contribution in [0.5, 0.6) is 17.2 Å². The Morgan fingerprint density at radius 3 is 2.38 bits per heavy atom. The molecule has 3 rings (SSSR count). The molecule has 1 atom stereocenters. The molecule has 1 aliphatic rings. The summed E-state index contributed by atoms with van der Waals surface area (Å²) in [6.45, 7) is 1.59. The Balaban J connectivity index is 2.10. The first-order chi connectivity index (χ1) is 15.4. The van der Waals surface area contributed by atoms with Crippen molar-refractivity contribution in [1.82, 2.24) is 10.2 Å². The first kappa shape index (κ1) is 22.9. The first-order valence-corrected chi connectivity index (χ1v) is 9.94. The molecule has 2 aromatic rings. The van der Waals surface area contributed by atoms with E-state index >= 15 is 0 Å². The lowest BCUT2D eigenvalue weighted by Crippen LogP contribution is -2.48. The number of rotatable bonds is 8. The fraction of sp³-hybridized carbons (Fsp3) is 0.304. The quantitative estimate of drug-likeness (QED) is 0.628. The number of para-hydroxylation sites is 1. The van der Waals surface area contributed by atoms with Gasteiger partial charge in [-0.3, -0.25) is 4.90 Å². The second-order valence-electron chi connectivity index (χ2n) is 6.89. The van der Waals surface area contributed by atoms with Gasteiger partial charge in [0.25, 0.3) is 0 Å². The number of nitrogens with one attached hydrogen (secondary N) is 1. The number of carbonyl (C=O) groups is 2. The van der Waals surface area contributed by atoms with Crippen LogP contribution in [0, 0.1) is 5.82 Å². The molecule has 0 radical (unpaired) electrons. The second-order valence-corrected chi connectivity index (χ2v) is 6.89. The predicted molar refractivity (Wildman–Crippen MR) is 114 cm³/mol. The van der Waals surface area contributed by atoms with Crippen molar-refractivity contribution in [2.75, 3.05) is 34.5 Å². The SMILES string of the molecule is CCOC(=O)C1=C(COc2ccccc2F)N(C)C(=O)NC1c1cc(OC)cc(OC)c1. The molecule has 170 valence electrons. The van der Waals surface area contributed by atoms with Crippen LogP contribution in [-0.2, 0) is 9.53 Å². The number of methoxy groups -OCH3 is 2. The minimum Gasteiger partial charge on any atom is -0.497 e. The molecule has 0 spiro atoms. The third-order valence-electron chi connectivity index (χ3n) is 4.98. The van der Waals surface area contributed by atoms with E-state index < -0.39 is 23.9 Å². The Morgan fingerprint density at radius 1 is 1.12 bits per heavy atom. The molecule has 2 amide bonds. The zero-order valence-corrected chi connectivity index (χ0v) is 18.3. The molecule has 1 N–H and O–H groups in total. The van der Waals surface area contributed by atoms with Gasteiger partial charge in [0.1, 0.15) is 18.1 Å². The summed E-state index contributed by atoms with van der Waals surface area (Å²) in [4.78, 5) is 27.0. The van der Waals surface area contributed by atoms with Gasteiger partial charge in [0, 0.05) is 13.1 Å². The van der Waals surface area contributed by atoms with Crippen LogP contribution in [-0.4, -0.2) is 51.4 Å². The van der Waals surface area contributed by atoms with Crippen LogP contribution < -0.4 is 19.5 Å². The van der Waals surface area contributed by atoms with E-state index in [9.17, 15) is 14.0 Å². The summed E-state index contributed by atoms with van der Waals surface area (Å²) in [7, 11) is 4.50. The number of hydrogen-bond donors (Lipinski definition) is 1. The highest BCUT2D eigenvalue weighted by Gasteiger charge is 2.37. The Labute approximate surface area is 185 Å². The van der Waals surface area contributed by atoms with Crippen LogP contribution in [0.25, 0.3) is 0 Å². The molecule has 0 saturated heterocycles. The van der Waals surface area contributed by atoms with Gasteiger partial charge in [-0.05, 0) is 36.8 Å². The number of likely N-dealkylation sites (N-methyl/N-ethyl adjacent to an activating group) is 1. The predicted octanol–water partition coefficient (Wildman–Crippen LogP) is 3.44. The van der Waals surface area contributed by atoms with Crippen LogP contribution in [0.2, 0.25) is 0 Å². The third kappa shape index (κ3) is 4.77. The molecule has 9 heteroatoms. The minimum atomic E-state index is -0.860. The molecule has 0 saturated carbocycles. The summed E-state index contributed by atoms with van der Waals surface area (Å²) >= 11 is 0.